The van der Waals surface area contributed by atoms with Crippen molar-refractivity contribution < 1.29 is 9.59 Å². The van der Waals surface area contributed by atoms with Gasteiger partial charge in [0.15, 0.2) is 0 Å². The maximum atomic E-state index is 13.0. The number of para-hydroxylation sites is 1. The molecule has 1 aromatic carbocycles. The van der Waals surface area contributed by atoms with Crippen LogP contribution in [0.4, 0.5) is 0 Å². The van der Waals surface area contributed by atoms with Crippen LogP contribution < -0.4 is 5.73 Å². The maximum Gasteiger partial charge on any atom is 0.231 e. The number of H-pyrrole nitrogens is 1. The van der Waals surface area contributed by atoms with Gasteiger partial charge in [-0.1, -0.05) is 12.1 Å². The number of hydrogen-bond acceptors (Lipinski definition) is 4. The quantitative estimate of drug-likeness (QED) is 0.841. The largest absolute Gasteiger partial charge is 0.369 e. The molecule has 3 heterocycles. The number of nitrogens with zero attached hydrogens (tertiary/aromatic N) is 3. The smallest absolute Gasteiger partial charge is 0.231 e. The van der Waals surface area contributed by atoms with Gasteiger partial charge in [0, 0.05) is 25.6 Å². The first kappa shape index (κ1) is 18.9. The zero-order valence-electron chi connectivity index (χ0n) is 16.5. The van der Waals surface area contributed by atoms with E-state index in [0.29, 0.717) is 12.5 Å². The van der Waals surface area contributed by atoms with Crippen LogP contribution in [0.5, 0.6) is 0 Å². The SMILES string of the molecule is Cc1cccc2[nH]c(C3CCN(C(=O)[C@H]4CCCN(CC(N)=O)C4)CC3)nc12. The minimum Gasteiger partial charge on any atom is -0.369 e. The van der Waals surface area contributed by atoms with Gasteiger partial charge in [0.05, 0.1) is 23.5 Å². The van der Waals surface area contributed by atoms with E-state index in [2.05, 4.69) is 24.0 Å². The number of fused-ring (bicyclic) bond motifs is 1. The molecule has 0 unspecified atom stereocenters. The molecule has 3 N–H and O–H groups in total. The van der Waals surface area contributed by atoms with Crippen LogP contribution in [0, 0.1) is 12.8 Å². The Morgan fingerprint density at radius 2 is 2.00 bits per heavy atom. The Morgan fingerprint density at radius 1 is 1.21 bits per heavy atom. The maximum absolute atomic E-state index is 13.0. The molecule has 0 bridgehead atoms. The zero-order valence-corrected chi connectivity index (χ0v) is 16.5. The summed E-state index contributed by atoms with van der Waals surface area (Å²) in [6.45, 7) is 5.36. The molecule has 0 spiro atoms. The number of aromatic nitrogens is 2. The Bertz CT molecular complexity index is 869. The minimum atomic E-state index is -0.324. The fourth-order valence-electron chi connectivity index (χ4n) is 4.64. The highest BCUT2D eigenvalue weighted by atomic mass is 16.2. The molecule has 0 radical (unpaired) electrons. The number of rotatable bonds is 4. The third kappa shape index (κ3) is 3.90. The van der Waals surface area contributed by atoms with Crippen molar-refractivity contribution in [3.05, 3.63) is 29.6 Å². The summed E-state index contributed by atoms with van der Waals surface area (Å²) >= 11 is 0. The average molecular weight is 383 g/mol. The Hall–Kier alpha value is -2.41. The molecule has 0 aliphatic carbocycles. The number of amides is 2. The van der Waals surface area contributed by atoms with Crippen LogP contribution in [0.15, 0.2) is 18.2 Å². The van der Waals surface area contributed by atoms with Gasteiger partial charge in [-0.3, -0.25) is 14.5 Å². The molecule has 7 nitrogen and oxygen atoms in total. The summed E-state index contributed by atoms with van der Waals surface area (Å²) in [5, 5.41) is 0. The number of likely N-dealkylation sites (tertiary alicyclic amines) is 2. The molecule has 2 fully saturated rings. The average Bonchev–Trinajstić information content (AvgIpc) is 3.13. The van der Waals surface area contributed by atoms with Crippen molar-refractivity contribution in [3.8, 4) is 0 Å². The lowest BCUT2D eigenvalue weighted by Crippen LogP contribution is -2.48. The number of aromatic amines is 1. The molecule has 0 saturated carbocycles. The van der Waals surface area contributed by atoms with Crippen molar-refractivity contribution in [2.45, 2.75) is 38.5 Å². The molecule has 1 atom stereocenters. The lowest BCUT2D eigenvalue weighted by Gasteiger charge is -2.37. The first-order valence-corrected chi connectivity index (χ1v) is 10.3. The second-order valence-electron chi connectivity index (χ2n) is 8.23. The first-order chi connectivity index (χ1) is 13.5. The summed E-state index contributed by atoms with van der Waals surface area (Å²) in [6.07, 6.45) is 3.71. The van der Waals surface area contributed by atoms with Crippen LogP contribution in [-0.4, -0.2) is 64.3 Å². The number of piperidine rings is 2. The molecule has 28 heavy (non-hydrogen) atoms. The molecule has 2 amide bonds. The van der Waals surface area contributed by atoms with E-state index in [9.17, 15) is 9.59 Å². The van der Waals surface area contributed by atoms with Crippen molar-refractivity contribution in [1.29, 1.82) is 0 Å². The lowest BCUT2D eigenvalue weighted by molar-refractivity contribution is -0.139. The normalized spacial score (nSPS) is 21.9. The number of hydrogen-bond donors (Lipinski definition) is 2. The number of carbonyl (C=O) groups excluding carboxylic acids is 2. The van der Waals surface area contributed by atoms with Gasteiger partial charge >= 0.3 is 0 Å². The second kappa shape index (κ2) is 7.91. The molecule has 4 rings (SSSR count). The van der Waals surface area contributed by atoms with Crippen LogP contribution in [0.1, 0.15) is 43.0 Å². The van der Waals surface area contributed by atoms with Crippen LogP contribution in [-0.2, 0) is 9.59 Å². The van der Waals surface area contributed by atoms with E-state index in [0.717, 1.165) is 62.2 Å². The Labute approximate surface area is 165 Å². The van der Waals surface area contributed by atoms with Crippen LogP contribution >= 0.6 is 0 Å². The molecular weight excluding hydrogens is 354 g/mol. The van der Waals surface area contributed by atoms with E-state index >= 15 is 0 Å². The second-order valence-corrected chi connectivity index (χ2v) is 8.23. The van der Waals surface area contributed by atoms with Gasteiger partial charge in [-0.25, -0.2) is 4.98 Å². The zero-order chi connectivity index (χ0) is 19.7. The highest BCUT2D eigenvalue weighted by Gasteiger charge is 2.32. The summed E-state index contributed by atoms with van der Waals surface area (Å²) < 4.78 is 0. The number of carbonyl (C=O) groups is 2. The number of nitrogens with two attached hydrogens (primary N) is 1. The standard InChI is InChI=1S/C21H29N5O2/c1-14-4-2-6-17-19(14)24-20(23-17)15-7-10-26(11-8-15)21(28)16-5-3-9-25(12-16)13-18(22)27/h2,4,6,15-16H,3,5,7-13H2,1H3,(H2,22,27)(H,23,24)/t16-/m0/s1. The molecule has 2 aliphatic rings. The fourth-order valence-corrected chi connectivity index (χ4v) is 4.64. The summed E-state index contributed by atoms with van der Waals surface area (Å²) in [6, 6.07) is 6.20. The van der Waals surface area contributed by atoms with Crippen LogP contribution in [0.2, 0.25) is 0 Å². The van der Waals surface area contributed by atoms with E-state index < -0.39 is 0 Å². The summed E-state index contributed by atoms with van der Waals surface area (Å²) in [4.78, 5) is 36.5. The molecule has 2 saturated heterocycles. The number of imidazole rings is 1. The van der Waals surface area contributed by atoms with E-state index in [4.69, 9.17) is 10.7 Å². The van der Waals surface area contributed by atoms with Crippen molar-refractivity contribution in [1.82, 2.24) is 19.8 Å². The lowest BCUT2D eigenvalue weighted by atomic mass is 9.92. The van der Waals surface area contributed by atoms with Crippen LogP contribution in [0.3, 0.4) is 0 Å². The summed E-state index contributed by atoms with van der Waals surface area (Å²) in [5.41, 5.74) is 8.63. The number of aryl methyl sites for hydroxylation is 1. The number of benzene rings is 1. The molecule has 150 valence electrons. The van der Waals surface area contributed by atoms with E-state index in [1.54, 1.807) is 0 Å². The molecule has 1 aromatic heterocycles. The van der Waals surface area contributed by atoms with Gasteiger partial charge in [-0.2, -0.15) is 0 Å². The van der Waals surface area contributed by atoms with Crippen molar-refractivity contribution in [2.24, 2.45) is 11.7 Å². The van der Waals surface area contributed by atoms with E-state index in [1.165, 1.54) is 5.56 Å². The highest BCUT2D eigenvalue weighted by molar-refractivity contribution is 5.80. The van der Waals surface area contributed by atoms with Gasteiger partial charge in [-0.05, 0) is 50.8 Å². The van der Waals surface area contributed by atoms with E-state index in [1.807, 2.05) is 15.9 Å². The van der Waals surface area contributed by atoms with Gasteiger partial charge in [-0.15, -0.1) is 0 Å². The van der Waals surface area contributed by atoms with Crippen LogP contribution in [0.25, 0.3) is 11.0 Å². The number of nitrogens with one attached hydrogen (secondary N) is 1. The molecule has 2 aromatic rings. The topological polar surface area (TPSA) is 95.3 Å². The number of primary amides is 1. The third-order valence-electron chi connectivity index (χ3n) is 6.16. The Kier molecular flexibility index (Phi) is 5.35. The van der Waals surface area contributed by atoms with Gasteiger partial charge in [0.25, 0.3) is 0 Å². The van der Waals surface area contributed by atoms with Gasteiger partial charge < -0.3 is 15.6 Å². The first-order valence-electron chi connectivity index (χ1n) is 10.3. The molecule has 7 heteroatoms. The summed E-state index contributed by atoms with van der Waals surface area (Å²) in [7, 11) is 0. The van der Waals surface area contributed by atoms with Crippen molar-refractivity contribution >= 4 is 22.8 Å². The predicted molar refractivity (Wildman–Crippen MR) is 108 cm³/mol. The fraction of sp³-hybridized carbons (Fsp3) is 0.571. The van der Waals surface area contributed by atoms with Crippen molar-refractivity contribution in [2.75, 3.05) is 32.7 Å². The third-order valence-corrected chi connectivity index (χ3v) is 6.16. The Balaban J connectivity index is 1.36. The van der Waals surface area contributed by atoms with Crippen molar-refractivity contribution in [3.63, 3.8) is 0 Å². The van der Waals surface area contributed by atoms with E-state index in [-0.39, 0.29) is 24.3 Å². The van der Waals surface area contributed by atoms with Gasteiger partial charge in [0.2, 0.25) is 11.8 Å². The molecule has 2 aliphatic heterocycles. The highest BCUT2D eigenvalue weighted by Crippen LogP contribution is 2.30. The Morgan fingerprint density at radius 3 is 2.71 bits per heavy atom. The predicted octanol–water partition coefficient (Wildman–Crippen LogP) is 1.77. The van der Waals surface area contributed by atoms with Gasteiger partial charge in [0.1, 0.15) is 5.82 Å². The summed E-state index contributed by atoms with van der Waals surface area (Å²) in [5.74, 6) is 1.30. The minimum absolute atomic E-state index is 0.0153. The molecular formula is C21H29N5O2. The monoisotopic (exact) mass is 383 g/mol.